The second kappa shape index (κ2) is 8.69. The predicted molar refractivity (Wildman–Crippen MR) is 119 cm³/mol. The Labute approximate surface area is 182 Å². The van der Waals surface area contributed by atoms with E-state index in [1.54, 1.807) is 48.7 Å². The number of halogens is 1. The Bertz CT molecular complexity index is 1200. The van der Waals surface area contributed by atoms with Gasteiger partial charge in [0.25, 0.3) is 5.91 Å². The number of amides is 1. The van der Waals surface area contributed by atoms with Gasteiger partial charge in [0.05, 0.1) is 36.1 Å². The third-order valence-electron chi connectivity index (χ3n) is 4.54. The number of hydrogen-bond acceptors (Lipinski definition) is 6. The first-order valence-corrected chi connectivity index (χ1v) is 10.3. The lowest BCUT2D eigenvalue weighted by Gasteiger charge is -2.21. The highest BCUT2D eigenvalue weighted by Gasteiger charge is 2.25. The molecule has 2 aromatic heterocycles. The van der Waals surface area contributed by atoms with Crippen molar-refractivity contribution in [2.45, 2.75) is 6.54 Å². The molecule has 4 aromatic rings. The van der Waals surface area contributed by atoms with Gasteiger partial charge in [0, 0.05) is 12.4 Å². The van der Waals surface area contributed by atoms with Crippen molar-refractivity contribution in [1.29, 1.82) is 0 Å². The molecule has 0 aliphatic heterocycles. The molecular weight excluding hydrogens is 422 g/mol. The molecule has 0 N–H and O–H groups in total. The van der Waals surface area contributed by atoms with Crippen LogP contribution in [0.4, 0.5) is 5.13 Å². The van der Waals surface area contributed by atoms with Crippen LogP contribution in [0.1, 0.15) is 15.9 Å². The fraction of sp³-hybridized carbons (Fsp3) is 0.136. The first-order chi connectivity index (χ1) is 14.6. The van der Waals surface area contributed by atoms with Crippen LogP contribution in [-0.4, -0.2) is 30.1 Å². The maximum Gasteiger partial charge on any atom is 0.264 e. The van der Waals surface area contributed by atoms with E-state index in [4.69, 9.17) is 21.1 Å². The van der Waals surface area contributed by atoms with Gasteiger partial charge in [-0.1, -0.05) is 35.1 Å². The van der Waals surface area contributed by atoms with Gasteiger partial charge in [-0.05, 0) is 42.0 Å². The van der Waals surface area contributed by atoms with Gasteiger partial charge in [0.1, 0.15) is 17.0 Å². The van der Waals surface area contributed by atoms with Gasteiger partial charge < -0.3 is 9.47 Å². The van der Waals surface area contributed by atoms with Gasteiger partial charge in [0.2, 0.25) is 0 Å². The number of methoxy groups -OCH3 is 2. The zero-order chi connectivity index (χ0) is 21.1. The zero-order valence-electron chi connectivity index (χ0n) is 16.3. The highest BCUT2D eigenvalue weighted by Crippen LogP contribution is 2.35. The smallest absolute Gasteiger partial charge is 0.264 e. The number of fused-ring (bicyclic) bond motifs is 1. The first kappa shape index (κ1) is 20.1. The van der Waals surface area contributed by atoms with Crippen molar-refractivity contribution < 1.29 is 14.3 Å². The molecule has 0 fully saturated rings. The number of anilines is 1. The highest BCUT2D eigenvalue weighted by atomic mass is 35.5. The van der Waals surface area contributed by atoms with E-state index in [2.05, 4.69) is 9.97 Å². The topological polar surface area (TPSA) is 64.6 Å². The third-order valence-corrected chi connectivity index (χ3v) is 5.88. The maximum atomic E-state index is 13.7. The van der Waals surface area contributed by atoms with Crippen LogP contribution < -0.4 is 14.4 Å². The molecule has 0 unspecified atom stereocenters. The van der Waals surface area contributed by atoms with E-state index in [0.717, 1.165) is 10.3 Å². The monoisotopic (exact) mass is 439 g/mol. The highest BCUT2D eigenvalue weighted by molar-refractivity contribution is 7.22. The molecular formula is C22H18ClN3O3S. The summed E-state index contributed by atoms with van der Waals surface area (Å²) in [5.41, 5.74) is 1.92. The van der Waals surface area contributed by atoms with Crippen molar-refractivity contribution in [2.24, 2.45) is 0 Å². The van der Waals surface area contributed by atoms with E-state index in [1.165, 1.54) is 18.4 Å². The number of para-hydroxylation sites is 1. The number of thiazole rings is 1. The van der Waals surface area contributed by atoms with E-state index in [0.29, 0.717) is 39.3 Å². The van der Waals surface area contributed by atoms with Gasteiger partial charge in [-0.2, -0.15) is 0 Å². The number of nitrogens with zero attached hydrogens (tertiary/aromatic N) is 3. The predicted octanol–water partition coefficient (Wildman–Crippen LogP) is 5.21. The summed E-state index contributed by atoms with van der Waals surface area (Å²) in [4.78, 5) is 24.1. The van der Waals surface area contributed by atoms with Crippen LogP contribution in [-0.2, 0) is 6.54 Å². The number of hydrogen-bond donors (Lipinski definition) is 0. The van der Waals surface area contributed by atoms with Crippen molar-refractivity contribution in [3.8, 4) is 11.5 Å². The number of pyridine rings is 1. The molecule has 0 radical (unpaired) electrons. The number of benzene rings is 2. The lowest BCUT2D eigenvalue weighted by atomic mass is 10.1. The van der Waals surface area contributed by atoms with Crippen molar-refractivity contribution in [3.05, 3.63) is 77.1 Å². The minimum Gasteiger partial charge on any atom is -0.497 e. The Morgan fingerprint density at radius 1 is 1.13 bits per heavy atom. The standard InChI is InChI=1S/C22H18ClN3O3S/c1-28-15-8-9-18(29-2)16(11-15)21(27)26(13-14-5-4-10-24-12-14)22-25-20-17(23)6-3-7-19(20)30-22/h3-12H,13H2,1-2H3. The molecule has 152 valence electrons. The summed E-state index contributed by atoms with van der Waals surface area (Å²) in [6, 6.07) is 14.5. The van der Waals surface area contributed by atoms with Crippen LogP contribution >= 0.6 is 22.9 Å². The number of aromatic nitrogens is 2. The Balaban J connectivity index is 1.82. The van der Waals surface area contributed by atoms with E-state index in [1.807, 2.05) is 24.3 Å². The van der Waals surface area contributed by atoms with Gasteiger partial charge in [0.15, 0.2) is 5.13 Å². The fourth-order valence-electron chi connectivity index (χ4n) is 3.05. The van der Waals surface area contributed by atoms with Crippen LogP contribution in [0, 0.1) is 0 Å². The van der Waals surface area contributed by atoms with Crippen LogP contribution in [0.3, 0.4) is 0 Å². The number of ether oxygens (including phenoxy) is 2. The molecule has 0 aliphatic rings. The van der Waals surface area contributed by atoms with Crippen molar-refractivity contribution in [2.75, 3.05) is 19.1 Å². The molecule has 0 aliphatic carbocycles. The largest absolute Gasteiger partial charge is 0.497 e. The average molecular weight is 440 g/mol. The Kier molecular flexibility index (Phi) is 5.83. The van der Waals surface area contributed by atoms with Crippen molar-refractivity contribution in [1.82, 2.24) is 9.97 Å². The second-order valence-corrected chi connectivity index (χ2v) is 7.82. The zero-order valence-corrected chi connectivity index (χ0v) is 17.9. The van der Waals surface area contributed by atoms with E-state index in [-0.39, 0.29) is 5.91 Å². The molecule has 0 spiro atoms. The lowest BCUT2D eigenvalue weighted by molar-refractivity contribution is 0.0982. The molecule has 8 heteroatoms. The van der Waals surface area contributed by atoms with E-state index >= 15 is 0 Å². The second-order valence-electron chi connectivity index (χ2n) is 6.40. The molecule has 0 saturated carbocycles. The van der Waals surface area contributed by atoms with Crippen LogP contribution in [0.5, 0.6) is 11.5 Å². The molecule has 0 saturated heterocycles. The summed E-state index contributed by atoms with van der Waals surface area (Å²) in [5, 5.41) is 1.08. The lowest BCUT2D eigenvalue weighted by Crippen LogP contribution is -2.30. The number of carbonyl (C=O) groups is 1. The van der Waals surface area contributed by atoms with E-state index < -0.39 is 0 Å². The Morgan fingerprint density at radius 2 is 2.00 bits per heavy atom. The van der Waals surface area contributed by atoms with Crippen LogP contribution in [0.15, 0.2) is 60.9 Å². The first-order valence-electron chi connectivity index (χ1n) is 9.08. The summed E-state index contributed by atoms with van der Waals surface area (Å²) >= 11 is 7.72. The molecule has 2 aromatic carbocycles. The summed E-state index contributed by atoms with van der Waals surface area (Å²) < 4.78 is 11.6. The SMILES string of the molecule is COc1ccc(OC)c(C(=O)N(Cc2cccnc2)c2nc3c(Cl)cccc3s2)c1. The van der Waals surface area contributed by atoms with Gasteiger partial charge in [-0.25, -0.2) is 4.98 Å². The summed E-state index contributed by atoms with van der Waals surface area (Å²) in [7, 11) is 3.08. The molecule has 0 bridgehead atoms. The normalized spacial score (nSPS) is 10.8. The minimum atomic E-state index is -0.259. The fourth-order valence-corrected chi connectivity index (χ4v) is 4.31. The summed E-state index contributed by atoms with van der Waals surface area (Å²) in [6.07, 6.45) is 3.42. The Hall–Kier alpha value is -3.16. The molecule has 1 amide bonds. The molecule has 2 heterocycles. The van der Waals surface area contributed by atoms with Gasteiger partial charge >= 0.3 is 0 Å². The molecule has 6 nitrogen and oxygen atoms in total. The quantitative estimate of drug-likeness (QED) is 0.412. The van der Waals surface area contributed by atoms with Gasteiger partial charge in [-0.15, -0.1) is 0 Å². The maximum absolute atomic E-state index is 13.7. The molecule has 30 heavy (non-hydrogen) atoms. The van der Waals surface area contributed by atoms with Gasteiger partial charge in [-0.3, -0.25) is 14.7 Å². The molecule has 4 rings (SSSR count). The average Bonchev–Trinajstić information content (AvgIpc) is 3.22. The number of rotatable bonds is 6. The van der Waals surface area contributed by atoms with E-state index in [9.17, 15) is 4.79 Å². The summed E-state index contributed by atoms with van der Waals surface area (Å²) in [5.74, 6) is 0.758. The Morgan fingerprint density at radius 3 is 2.70 bits per heavy atom. The van der Waals surface area contributed by atoms with Crippen LogP contribution in [0.25, 0.3) is 10.2 Å². The summed E-state index contributed by atoms with van der Waals surface area (Å²) in [6.45, 7) is 0.296. The minimum absolute atomic E-state index is 0.259. The van der Waals surface area contributed by atoms with Crippen LogP contribution in [0.2, 0.25) is 5.02 Å². The van der Waals surface area contributed by atoms with Crippen molar-refractivity contribution >= 4 is 44.2 Å². The third kappa shape index (κ3) is 3.94. The van der Waals surface area contributed by atoms with Crippen molar-refractivity contribution in [3.63, 3.8) is 0 Å². The number of carbonyl (C=O) groups excluding carboxylic acids is 1. The molecule has 0 atom stereocenters.